The van der Waals surface area contributed by atoms with Crippen molar-refractivity contribution in [1.82, 2.24) is 20.2 Å². The Morgan fingerprint density at radius 1 is 1.21 bits per heavy atom. The molecule has 0 atom stereocenters. The molecular weight excluding hydrogens is 390 g/mol. The molecule has 0 saturated carbocycles. The molecule has 0 aliphatic heterocycles. The van der Waals surface area contributed by atoms with E-state index in [-0.39, 0.29) is 5.91 Å². The predicted octanol–water partition coefficient (Wildman–Crippen LogP) is 4.78. The average molecular weight is 408 g/mol. The maximum Gasteiger partial charge on any atom is 0.255 e. The summed E-state index contributed by atoms with van der Waals surface area (Å²) in [6.45, 7) is 1.98. The van der Waals surface area contributed by atoms with Gasteiger partial charge in [0, 0.05) is 27.9 Å². The van der Waals surface area contributed by atoms with Gasteiger partial charge in [0.05, 0.1) is 10.7 Å². The molecule has 0 radical (unpaired) electrons. The third-order valence-electron chi connectivity index (χ3n) is 4.02. The van der Waals surface area contributed by atoms with Crippen molar-refractivity contribution in [1.29, 1.82) is 0 Å². The Hall–Kier alpha value is -2.97. The van der Waals surface area contributed by atoms with Gasteiger partial charge in [0.15, 0.2) is 5.16 Å². The van der Waals surface area contributed by atoms with Crippen LogP contribution in [0.1, 0.15) is 20.9 Å². The lowest BCUT2D eigenvalue weighted by molar-refractivity contribution is 0.102. The average Bonchev–Trinajstić information content (AvgIpc) is 3.39. The van der Waals surface area contributed by atoms with Gasteiger partial charge in [-0.1, -0.05) is 36.0 Å². The first-order chi connectivity index (χ1) is 13.7. The van der Waals surface area contributed by atoms with Crippen molar-refractivity contribution in [3.63, 3.8) is 0 Å². The van der Waals surface area contributed by atoms with Crippen LogP contribution in [-0.2, 0) is 5.75 Å². The summed E-state index contributed by atoms with van der Waals surface area (Å²) in [5.74, 6) is 0.618. The second-order valence-electron chi connectivity index (χ2n) is 6.06. The third kappa shape index (κ3) is 4.47. The van der Waals surface area contributed by atoms with E-state index in [1.807, 2.05) is 60.8 Å². The van der Waals surface area contributed by atoms with Gasteiger partial charge in [0.1, 0.15) is 6.33 Å². The number of thiazole rings is 1. The van der Waals surface area contributed by atoms with Crippen molar-refractivity contribution in [3.8, 4) is 11.3 Å². The fraction of sp³-hybridized carbons (Fsp3) is 0.100. The van der Waals surface area contributed by atoms with E-state index >= 15 is 0 Å². The van der Waals surface area contributed by atoms with Crippen LogP contribution in [0.3, 0.4) is 0 Å². The molecule has 2 N–H and O–H groups in total. The summed E-state index contributed by atoms with van der Waals surface area (Å²) in [5.41, 5.74) is 4.38. The maximum atomic E-state index is 12.6. The highest BCUT2D eigenvalue weighted by Gasteiger charge is 2.08. The third-order valence-corrected chi connectivity index (χ3v) is 5.74. The van der Waals surface area contributed by atoms with E-state index in [0.29, 0.717) is 5.56 Å². The Labute approximate surface area is 170 Å². The number of anilines is 1. The van der Waals surface area contributed by atoms with Crippen LogP contribution in [0.5, 0.6) is 0 Å². The number of rotatable bonds is 6. The molecule has 4 aromatic rings. The zero-order valence-electron chi connectivity index (χ0n) is 15.0. The number of carbonyl (C=O) groups is 1. The zero-order valence-corrected chi connectivity index (χ0v) is 16.7. The Morgan fingerprint density at radius 2 is 2.07 bits per heavy atom. The van der Waals surface area contributed by atoms with Crippen LogP contribution < -0.4 is 5.32 Å². The Balaban J connectivity index is 1.40. The number of nitrogens with one attached hydrogen (secondary N) is 2. The lowest BCUT2D eigenvalue weighted by Crippen LogP contribution is -2.11. The van der Waals surface area contributed by atoms with E-state index < -0.39 is 0 Å². The number of nitrogens with zero attached hydrogens (tertiary/aromatic N) is 3. The molecule has 0 aliphatic carbocycles. The van der Waals surface area contributed by atoms with E-state index in [0.717, 1.165) is 38.4 Å². The first-order valence-electron chi connectivity index (χ1n) is 8.58. The van der Waals surface area contributed by atoms with E-state index in [9.17, 15) is 4.79 Å². The summed E-state index contributed by atoms with van der Waals surface area (Å²) in [5, 5.41) is 13.4. The number of hydrogen-bond acceptors (Lipinski definition) is 6. The van der Waals surface area contributed by atoms with Crippen LogP contribution >= 0.6 is 23.1 Å². The molecule has 0 saturated heterocycles. The van der Waals surface area contributed by atoms with Crippen molar-refractivity contribution in [2.24, 2.45) is 0 Å². The minimum atomic E-state index is -0.138. The number of aryl methyl sites for hydroxylation is 1. The van der Waals surface area contributed by atoms with Gasteiger partial charge in [-0.05, 0) is 36.8 Å². The van der Waals surface area contributed by atoms with Gasteiger partial charge >= 0.3 is 0 Å². The summed E-state index contributed by atoms with van der Waals surface area (Å²) in [6.07, 6.45) is 1.49. The van der Waals surface area contributed by atoms with Crippen LogP contribution in [-0.4, -0.2) is 26.1 Å². The monoisotopic (exact) mass is 407 g/mol. The number of aromatic nitrogens is 4. The van der Waals surface area contributed by atoms with Crippen LogP contribution in [0.25, 0.3) is 11.3 Å². The van der Waals surface area contributed by atoms with E-state index in [1.54, 1.807) is 23.1 Å². The smallest absolute Gasteiger partial charge is 0.255 e. The summed E-state index contributed by atoms with van der Waals surface area (Å²) in [4.78, 5) is 21.1. The summed E-state index contributed by atoms with van der Waals surface area (Å²) < 4.78 is 0. The molecule has 0 bridgehead atoms. The summed E-state index contributed by atoms with van der Waals surface area (Å²) in [7, 11) is 0. The lowest BCUT2D eigenvalue weighted by Gasteiger charge is -2.07. The quantitative estimate of drug-likeness (QED) is 0.449. The van der Waals surface area contributed by atoms with Crippen molar-refractivity contribution < 1.29 is 4.79 Å². The minimum Gasteiger partial charge on any atom is -0.322 e. The van der Waals surface area contributed by atoms with Crippen molar-refractivity contribution in [2.45, 2.75) is 17.8 Å². The van der Waals surface area contributed by atoms with Crippen molar-refractivity contribution >= 4 is 34.7 Å². The maximum absolute atomic E-state index is 12.6. The molecule has 1 amide bonds. The van der Waals surface area contributed by atoms with Crippen LogP contribution in [0.4, 0.5) is 5.69 Å². The highest BCUT2D eigenvalue weighted by Crippen LogP contribution is 2.24. The molecule has 0 spiro atoms. The molecule has 0 aliphatic rings. The largest absolute Gasteiger partial charge is 0.322 e. The molecular formula is C20H17N5OS2. The number of carbonyl (C=O) groups excluding carboxylic acids is 1. The SMILES string of the molecule is Cc1nc(-c2cccc(NC(=O)c3ccc(CSc4ncn[nH]4)cc3)c2)cs1. The summed E-state index contributed by atoms with van der Waals surface area (Å²) in [6, 6.07) is 15.3. The first kappa shape index (κ1) is 18.4. The normalized spacial score (nSPS) is 10.8. The second kappa shape index (κ2) is 8.37. The Morgan fingerprint density at radius 3 is 2.79 bits per heavy atom. The molecule has 8 heteroatoms. The highest BCUT2D eigenvalue weighted by molar-refractivity contribution is 7.98. The van der Waals surface area contributed by atoms with Crippen LogP contribution in [0.2, 0.25) is 0 Å². The molecule has 28 heavy (non-hydrogen) atoms. The summed E-state index contributed by atoms with van der Waals surface area (Å²) >= 11 is 3.17. The van der Waals surface area contributed by atoms with Crippen LogP contribution in [0.15, 0.2) is 65.4 Å². The topological polar surface area (TPSA) is 83.6 Å². The molecule has 2 aromatic heterocycles. The number of hydrogen-bond donors (Lipinski definition) is 2. The molecule has 0 unspecified atom stereocenters. The Bertz CT molecular complexity index is 1070. The standard InChI is InChI=1S/C20H17N5OS2/c1-13-23-18(11-27-13)16-3-2-4-17(9-16)24-19(26)15-7-5-14(6-8-15)10-28-20-21-12-22-25-20/h2-9,11-12H,10H2,1H3,(H,24,26)(H,21,22,25). The number of H-pyrrole nitrogens is 1. The van der Waals surface area contributed by atoms with Gasteiger partial charge in [0.2, 0.25) is 0 Å². The molecule has 2 aromatic carbocycles. The number of aromatic amines is 1. The lowest BCUT2D eigenvalue weighted by atomic mass is 10.1. The van der Waals surface area contributed by atoms with Gasteiger partial charge in [-0.3, -0.25) is 9.89 Å². The fourth-order valence-electron chi connectivity index (χ4n) is 2.62. The zero-order chi connectivity index (χ0) is 19.3. The molecule has 6 nitrogen and oxygen atoms in total. The van der Waals surface area contributed by atoms with Crippen molar-refractivity contribution in [2.75, 3.05) is 5.32 Å². The Kier molecular flexibility index (Phi) is 5.50. The predicted molar refractivity (Wildman–Crippen MR) is 113 cm³/mol. The van der Waals surface area contributed by atoms with Gasteiger partial charge in [-0.2, -0.15) is 5.10 Å². The first-order valence-corrected chi connectivity index (χ1v) is 10.4. The fourth-order valence-corrected chi connectivity index (χ4v) is 3.98. The van der Waals surface area contributed by atoms with E-state index in [1.165, 1.54) is 6.33 Å². The number of amides is 1. The van der Waals surface area contributed by atoms with Crippen molar-refractivity contribution in [3.05, 3.63) is 76.4 Å². The van der Waals surface area contributed by atoms with Gasteiger partial charge in [0.25, 0.3) is 5.91 Å². The van der Waals surface area contributed by atoms with E-state index in [4.69, 9.17) is 0 Å². The number of benzene rings is 2. The van der Waals surface area contributed by atoms with Gasteiger partial charge < -0.3 is 5.32 Å². The van der Waals surface area contributed by atoms with Crippen LogP contribution in [0, 0.1) is 6.92 Å². The van der Waals surface area contributed by atoms with Gasteiger partial charge in [-0.15, -0.1) is 11.3 Å². The molecule has 4 rings (SSSR count). The van der Waals surface area contributed by atoms with E-state index in [2.05, 4.69) is 25.5 Å². The second-order valence-corrected chi connectivity index (χ2v) is 8.09. The van der Waals surface area contributed by atoms with Gasteiger partial charge in [-0.25, -0.2) is 9.97 Å². The highest BCUT2D eigenvalue weighted by atomic mass is 32.2. The minimum absolute atomic E-state index is 0.138. The number of thioether (sulfide) groups is 1. The molecule has 2 heterocycles. The molecule has 140 valence electrons. The molecule has 0 fully saturated rings.